The van der Waals surface area contributed by atoms with Crippen LogP contribution in [0.1, 0.15) is 32.4 Å². The molecule has 1 unspecified atom stereocenters. The minimum atomic E-state index is -0.342. The van der Waals surface area contributed by atoms with E-state index < -0.39 is 0 Å². The molecule has 0 spiro atoms. The Morgan fingerprint density at radius 2 is 1.94 bits per heavy atom. The standard InChI is InChI=1S/C12H18FNO.ClH/c1-8(2)7-15-12-10(9(3)14)5-4-6-11(12)13;/h4-6,8-9H,7,14H2,1-3H3;1H. The van der Waals surface area contributed by atoms with Crippen LogP contribution in [0.2, 0.25) is 0 Å². The number of nitrogens with two attached hydrogens (primary N) is 1. The fraction of sp³-hybridized carbons (Fsp3) is 0.500. The van der Waals surface area contributed by atoms with E-state index in [1.54, 1.807) is 12.1 Å². The molecular formula is C12H19ClFNO. The number of hydrogen-bond donors (Lipinski definition) is 1. The number of para-hydroxylation sites is 1. The van der Waals surface area contributed by atoms with Crippen molar-refractivity contribution >= 4 is 12.4 Å². The predicted octanol–water partition coefficient (Wildman–Crippen LogP) is 3.30. The number of rotatable bonds is 4. The molecule has 0 saturated heterocycles. The third-order valence-corrected chi connectivity index (χ3v) is 2.05. The van der Waals surface area contributed by atoms with Gasteiger partial charge in [0.25, 0.3) is 0 Å². The summed E-state index contributed by atoms with van der Waals surface area (Å²) in [4.78, 5) is 0. The maximum atomic E-state index is 13.5. The molecule has 0 saturated carbocycles. The average molecular weight is 248 g/mol. The quantitative estimate of drug-likeness (QED) is 0.886. The van der Waals surface area contributed by atoms with E-state index in [9.17, 15) is 4.39 Å². The zero-order valence-electron chi connectivity index (χ0n) is 9.87. The Bertz CT molecular complexity index is 329. The minimum absolute atomic E-state index is 0. The lowest BCUT2D eigenvalue weighted by Crippen LogP contribution is -2.12. The summed E-state index contributed by atoms with van der Waals surface area (Å²) < 4.78 is 18.9. The van der Waals surface area contributed by atoms with Gasteiger partial charge in [0, 0.05) is 11.6 Å². The van der Waals surface area contributed by atoms with Gasteiger partial charge in [-0.1, -0.05) is 26.0 Å². The maximum absolute atomic E-state index is 13.5. The van der Waals surface area contributed by atoms with Crippen molar-refractivity contribution in [2.24, 2.45) is 11.7 Å². The first-order chi connectivity index (χ1) is 7.02. The summed E-state index contributed by atoms with van der Waals surface area (Å²) in [7, 11) is 0. The molecule has 1 rings (SSSR count). The van der Waals surface area contributed by atoms with Crippen LogP contribution in [-0.4, -0.2) is 6.61 Å². The molecule has 0 bridgehead atoms. The van der Waals surface area contributed by atoms with Crippen LogP contribution < -0.4 is 10.5 Å². The molecule has 16 heavy (non-hydrogen) atoms. The summed E-state index contributed by atoms with van der Waals surface area (Å²) in [5.74, 6) is 0.317. The van der Waals surface area contributed by atoms with Gasteiger partial charge in [0.1, 0.15) is 0 Å². The maximum Gasteiger partial charge on any atom is 0.165 e. The SMILES string of the molecule is CC(C)COc1c(F)cccc1C(C)N.Cl. The van der Waals surface area contributed by atoms with E-state index in [-0.39, 0.29) is 24.3 Å². The molecule has 0 aliphatic heterocycles. The highest BCUT2D eigenvalue weighted by molar-refractivity contribution is 5.85. The van der Waals surface area contributed by atoms with Crippen molar-refractivity contribution in [1.29, 1.82) is 0 Å². The van der Waals surface area contributed by atoms with Crippen LogP contribution >= 0.6 is 12.4 Å². The molecule has 0 fully saturated rings. The summed E-state index contributed by atoms with van der Waals surface area (Å²) in [6, 6.07) is 4.61. The van der Waals surface area contributed by atoms with Gasteiger partial charge in [0.05, 0.1) is 6.61 Å². The normalized spacial score (nSPS) is 12.1. The van der Waals surface area contributed by atoms with Crippen molar-refractivity contribution < 1.29 is 9.13 Å². The molecule has 2 N–H and O–H groups in total. The van der Waals surface area contributed by atoms with Gasteiger partial charge in [0.15, 0.2) is 11.6 Å². The second-order valence-corrected chi connectivity index (χ2v) is 4.15. The molecule has 1 aromatic rings. The second-order valence-electron chi connectivity index (χ2n) is 4.15. The summed E-state index contributed by atoms with van der Waals surface area (Å²) in [6.45, 7) is 6.36. The fourth-order valence-electron chi connectivity index (χ4n) is 1.29. The van der Waals surface area contributed by atoms with Gasteiger partial charge in [-0.15, -0.1) is 12.4 Å². The topological polar surface area (TPSA) is 35.2 Å². The van der Waals surface area contributed by atoms with E-state index in [4.69, 9.17) is 10.5 Å². The molecule has 2 nitrogen and oxygen atoms in total. The number of benzene rings is 1. The van der Waals surface area contributed by atoms with Gasteiger partial charge in [-0.2, -0.15) is 0 Å². The van der Waals surface area contributed by atoms with Crippen molar-refractivity contribution in [3.05, 3.63) is 29.6 Å². The summed E-state index contributed by atoms with van der Waals surface area (Å²) in [5, 5.41) is 0. The Labute approximate surface area is 102 Å². The molecule has 0 aliphatic rings. The van der Waals surface area contributed by atoms with Crippen LogP contribution in [0.5, 0.6) is 5.75 Å². The van der Waals surface area contributed by atoms with Gasteiger partial charge in [-0.3, -0.25) is 0 Å². The van der Waals surface area contributed by atoms with E-state index >= 15 is 0 Å². The molecule has 0 aliphatic carbocycles. The lowest BCUT2D eigenvalue weighted by atomic mass is 10.1. The lowest BCUT2D eigenvalue weighted by Gasteiger charge is -2.15. The van der Waals surface area contributed by atoms with Crippen LogP contribution in [0.4, 0.5) is 4.39 Å². The second kappa shape index (κ2) is 6.71. The summed E-state index contributed by atoms with van der Waals surface area (Å²) in [6.07, 6.45) is 0. The molecule has 0 amide bonds. The van der Waals surface area contributed by atoms with Crippen LogP contribution in [0, 0.1) is 11.7 Å². The largest absolute Gasteiger partial charge is 0.490 e. The van der Waals surface area contributed by atoms with Crippen LogP contribution in [0.15, 0.2) is 18.2 Å². The van der Waals surface area contributed by atoms with Crippen molar-refractivity contribution in [2.45, 2.75) is 26.8 Å². The molecule has 0 aromatic heterocycles. The molecule has 1 aromatic carbocycles. The first-order valence-electron chi connectivity index (χ1n) is 5.19. The van der Waals surface area contributed by atoms with Crippen molar-refractivity contribution in [2.75, 3.05) is 6.61 Å². The summed E-state index contributed by atoms with van der Waals surface area (Å²) >= 11 is 0. The van der Waals surface area contributed by atoms with E-state index in [1.807, 2.05) is 20.8 Å². The third-order valence-electron chi connectivity index (χ3n) is 2.05. The molecule has 1 atom stereocenters. The van der Waals surface area contributed by atoms with Gasteiger partial charge < -0.3 is 10.5 Å². The minimum Gasteiger partial charge on any atom is -0.490 e. The highest BCUT2D eigenvalue weighted by atomic mass is 35.5. The zero-order valence-corrected chi connectivity index (χ0v) is 10.7. The molecule has 92 valence electrons. The first kappa shape index (κ1) is 15.2. The van der Waals surface area contributed by atoms with Crippen molar-refractivity contribution in [3.63, 3.8) is 0 Å². The highest BCUT2D eigenvalue weighted by Gasteiger charge is 2.13. The molecule has 4 heteroatoms. The van der Waals surface area contributed by atoms with Crippen molar-refractivity contribution in [1.82, 2.24) is 0 Å². The zero-order chi connectivity index (χ0) is 11.4. The van der Waals surface area contributed by atoms with Crippen LogP contribution in [0.3, 0.4) is 0 Å². The Morgan fingerprint density at radius 1 is 1.31 bits per heavy atom. The van der Waals surface area contributed by atoms with Crippen molar-refractivity contribution in [3.8, 4) is 5.75 Å². The van der Waals surface area contributed by atoms with Gasteiger partial charge >= 0.3 is 0 Å². The van der Waals surface area contributed by atoms with E-state index in [2.05, 4.69) is 0 Å². The lowest BCUT2D eigenvalue weighted by molar-refractivity contribution is 0.255. The third kappa shape index (κ3) is 3.99. The number of halogens is 2. The van der Waals surface area contributed by atoms with E-state index in [0.29, 0.717) is 18.3 Å². The summed E-state index contributed by atoms with van der Waals surface area (Å²) in [5.41, 5.74) is 6.46. The smallest absolute Gasteiger partial charge is 0.165 e. The average Bonchev–Trinajstić information content (AvgIpc) is 2.15. The highest BCUT2D eigenvalue weighted by Crippen LogP contribution is 2.27. The van der Waals surface area contributed by atoms with Crippen LogP contribution in [0.25, 0.3) is 0 Å². The molecule has 0 heterocycles. The monoisotopic (exact) mass is 247 g/mol. The van der Waals surface area contributed by atoms with Gasteiger partial charge in [0.2, 0.25) is 0 Å². The Kier molecular flexibility index (Phi) is 6.38. The van der Waals surface area contributed by atoms with Crippen LogP contribution in [-0.2, 0) is 0 Å². The Morgan fingerprint density at radius 3 is 2.44 bits per heavy atom. The molecule has 0 radical (unpaired) electrons. The predicted molar refractivity (Wildman–Crippen MR) is 66.6 cm³/mol. The Hall–Kier alpha value is -0.800. The molecular weight excluding hydrogens is 229 g/mol. The van der Waals surface area contributed by atoms with E-state index in [0.717, 1.165) is 5.56 Å². The van der Waals surface area contributed by atoms with Gasteiger partial charge in [-0.05, 0) is 18.9 Å². The Balaban J connectivity index is 0.00000225. The van der Waals surface area contributed by atoms with E-state index in [1.165, 1.54) is 6.07 Å². The first-order valence-corrected chi connectivity index (χ1v) is 5.19. The number of hydrogen-bond acceptors (Lipinski definition) is 2. The fourth-order valence-corrected chi connectivity index (χ4v) is 1.29. The van der Waals surface area contributed by atoms with Gasteiger partial charge in [-0.25, -0.2) is 4.39 Å². The number of ether oxygens (including phenoxy) is 1.